The summed E-state index contributed by atoms with van der Waals surface area (Å²) >= 11 is 1.71. The number of hydrogen-bond acceptors (Lipinski definition) is 3. The third-order valence-electron chi connectivity index (χ3n) is 5.38. The minimum Gasteiger partial charge on any atom is -0.350 e. The summed E-state index contributed by atoms with van der Waals surface area (Å²) in [5.41, 5.74) is 2.83. The van der Waals surface area contributed by atoms with Gasteiger partial charge in [0.1, 0.15) is 5.01 Å². The number of thiazole rings is 1. The third kappa shape index (κ3) is 3.05. The van der Waals surface area contributed by atoms with Crippen molar-refractivity contribution >= 4 is 17.3 Å². The highest BCUT2D eigenvalue weighted by molar-refractivity contribution is 7.09. The number of likely N-dealkylation sites (tertiary alicyclic amines) is 1. The molecule has 1 saturated carbocycles. The van der Waals surface area contributed by atoms with Gasteiger partial charge in [0.2, 0.25) is 0 Å². The van der Waals surface area contributed by atoms with Crippen molar-refractivity contribution in [2.24, 2.45) is 10.4 Å². The first-order valence-electron chi connectivity index (χ1n) is 8.73. The Hall–Kier alpha value is -1.88. The summed E-state index contributed by atoms with van der Waals surface area (Å²) in [5.74, 6) is 1.02. The van der Waals surface area contributed by atoms with Gasteiger partial charge in [0.25, 0.3) is 0 Å². The van der Waals surface area contributed by atoms with Crippen LogP contribution in [0.25, 0.3) is 11.3 Å². The van der Waals surface area contributed by atoms with Crippen molar-refractivity contribution in [3.63, 3.8) is 0 Å². The average molecular weight is 340 g/mol. The number of nitrogens with one attached hydrogen (secondary N) is 1. The van der Waals surface area contributed by atoms with Gasteiger partial charge in [-0.2, -0.15) is 0 Å². The standard InChI is InChI=1S/C19H24N4S/c1-20-18(23-11-10-19(14-23)8-5-9-19)21-12-17-22-16(13-24-17)15-6-3-2-4-7-15/h2-4,6-7,13H,5,8-12,14H2,1H3,(H,20,21). The number of nitrogens with zero attached hydrogens (tertiary/aromatic N) is 3. The van der Waals surface area contributed by atoms with Crippen LogP contribution >= 0.6 is 11.3 Å². The van der Waals surface area contributed by atoms with E-state index in [2.05, 4.69) is 44.9 Å². The largest absolute Gasteiger partial charge is 0.350 e. The van der Waals surface area contributed by atoms with Crippen molar-refractivity contribution in [1.29, 1.82) is 0 Å². The molecule has 0 atom stereocenters. The average Bonchev–Trinajstić information content (AvgIpc) is 3.23. The van der Waals surface area contributed by atoms with E-state index in [0.717, 1.165) is 29.8 Å². The summed E-state index contributed by atoms with van der Waals surface area (Å²) < 4.78 is 0. The zero-order valence-electron chi connectivity index (χ0n) is 14.2. The first-order valence-corrected chi connectivity index (χ1v) is 9.61. The SMILES string of the molecule is CN=C(NCc1nc(-c2ccccc2)cs1)N1CCC2(CCC2)C1. The lowest BCUT2D eigenvalue weighted by Gasteiger charge is -2.38. The molecule has 2 aliphatic rings. The number of rotatable bonds is 3. The van der Waals surface area contributed by atoms with Crippen molar-refractivity contribution in [2.45, 2.75) is 32.2 Å². The van der Waals surface area contributed by atoms with Crippen molar-refractivity contribution in [2.75, 3.05) is 20.1 Å². The number of hydrogen-bond donors (Lipinski definition) is 1. The summed E-state index contributed by atoms with van der Waals surface area (Å²) in [4.78, 5) is 11.7. The molecule has 2 aromatic rings. The van der Waals surface area contributed by atoms with Gasteiger partial charge in [0.15, 0.2) is 5.96 Å². The van der Waals surface area contributed by atoms with Gasteiger partial charge in [-0.3, -0.25) is 4.99 Å². The molecule has 4 nitrogen and oxygen atoms in total. The van der Waals surface area contributed by atoms with Crippen LogP contribution in [0.3, 0.4) is 0 Å². The van der Waals surface area contributed by atoms with Gasteiger partial charge in [0.05, 0.1) is 12.2 Å². The van der Waals surface area contributed by atoms with E-state index >= 15 is 0 Å². The molecule has 2 fully saturated rings. The molecule has 1 spiro atoms. The van der Waals surface area contributed by atoms with E-state index in [9.17, 15) is 0 Å². The molecule has 0 unspecified atom stereocenters. The molecule has 1 aliphatic heterocycles. The van der Waals surface area contributed by atoms with E-state index < -0.39 is 0 Å². The Labute approximate surface area is 147 Å². The molecule has 5 heteroatoms. The van der Waals surface area contributed by atoms with Gasteiger partial charge in [-0.05, 0) is 24.7 Å². The summed E-state index contributed by atoms with van der Waals surface area (Å²) in [5, 5.41) is 6.74. The predicted molar refractivity (Wildman–Crippen MR) is 100 cm³/mol. The zero-order valence-corrected chi connectivity index (χ0v) is 15.0. The molecule has 0 bridgehead atoms. The number of aliphatic imine (C=N–C) groups is 1. The second-order valence-corrected chi connectivity index (χ2v) is 7.86. The van der Waals surface area contributed by atoms with Crippen molar-refractivity contribution < 1.29 is 0 Å². The van der Waals surface area contributed by atoms with Crippen molar-refractivity contribution in [3.8, 4) is 11.3 Å². The Morgan fingerprint density at radius 2 is 2.12 bits per heavy atom. The van der Waals surface area contributed by atoms with E-state index in [0.29, 0.717) is 5.41 Å². The lowest BCUT2D eigenvalue weighted by molar-refractivity contribution is 0.151. The second-order valence-electron chi connectivity index (χ2n) is 6.92. The van der Waals surface area contributed by atoms with Crippen LogP contribution in [0.5, 0.6) is 0 Å². The Morgan fingerprint density at radius 1 is 1.29 bits per heavy atom. The normalized spacial score (nSPS) is 19.5. The van der Waals surface area contributed by atoms with Gasteiger partial charge >= 0.3 is 0 Å². The van der Waals surface area contributed by atoms with Crippen LogP contribution in [0.1, 0.15) is 30.7 Å². The Kier molecular flexibility index (Phi) is 4.27. The Bertz CT molecular complexity index is 718. The number of aromatic nitrogens is 1. The molecule has 24 heavy (non-hydrogen) atoms. The van der Waals surface area contributed by atoms with E-state index in [1.807, 2.05) is 13.1 Å². The molecule has 4 rings (SSSR count). The number of guanidine groups is 1. The Morgan fingerprint density at radius 3 is 2.79 bits per heavy atom. The van der Waals surface area contributed by atoms with Gasteiger partial charge in [-0.1, -0.05) is 36.8 Å². The van der Waals surface area contributed by atoms with E-state index in [-0.39, 0.29) is 0 Å². The van der Waals surface area contributed by atoms with Crippen LogP contribution in [0.15, 0.2) is 40.7 Å². The molecule has 1 N–H and O–H groups in total. The van der Waals surface area contributed by atoms with Crippen LogP contribution in [0.2, 0.25) is 0 Å². The lowest BCUT2D eigenvalue weighted by Crippen LogP contribution is -2.42. The third-order valence-corrected chi connectivity index (χ3v) is 6.23. The molecule has 1 saturated heterocycles. The van der Waals surface area contributed by atoms with Crippen LogP contribution in [-0.2, 0) is 6.54 Å². The first kappa shape index (κ1) is 15.6. The molecular weight excluding hydrogens is 316 g/mol. The minimum atomic E-state index is 0.597. The monoisotopic (exact) mass is 340 g/mol. The lowest BCUT2D eigenvalue weighted by atomic mass is 9.68. The maximum absolute atomic E-state index is 4.75. The Balaban J connectivity index is 1.37. The first-order chi connectivity index (χ1) is 11.8. The zero-order chi connectivity index (χ0) is 16.4. The van der Waals surface area contributed by atoms with E-state index in [1.165, 1.54) is 37.8 Å². The summed E-state index contributed by atoms with van der Waals surface area (Å²) in [6.45, 7) is 3.04. The molecule has 1 aromatic carbocycles. The van der Waals surface area contributed by atoms with E-state index in [4.69, 9.17) is 4.98 Å². The molecular formula is C19H24N4S. The van der Waals surface area contributed by atoms with Gasteiger partial charge < -0.3 is 10.2 Å². The topological polar surface area (TPSA) is 40.5 Å². The van der Waals surface area contributed by atoms with Crippen LogP contribution in [-0.4, -0.2) is 36.0 Å². The minimum absolute atomic E-state index is 0.597. The maximum atomic E-state index is 4.75. The van der Waals surface area contributed by atoms with Crippen molar-refractivity contribution in [1.82, 2.24) is 15.2 Å². The van der Waals surface area contributed by atoms with Crippen LogP contribution in [0.4, 0.5) is 0 Å². The van der Waals surface area contributed by atoms with Gasteiger partial charge in [-0.25, -0.2) is 4.98 Å². The highest BCUT2D eigenvalue weighted by atomic mass is 32.1. The molecule has 2 heterocycles. The van der Waals surface area contributed by atoms with Crippen LogP contribution < -0.4 is 5.32 Å². The van der Waals surface area contributed by atoms with Crippen LogP contribution in [0, 0.1) is 5.41 Å². The number of benzene rings is 1. The summed E-state index contributed by atoms with van der Waals surface area (Å²) in [7, 11) is 1.88. The molecule has 1 aliphatic carbocycles. The molecule has 0 radical (unpaired) electrons. The fourth-order valence-corrected chi connectivity index (χ4v) is 4.56. The smallest absolute Gasteiger partial charge is 0.194 e. The quantitative estimate of drug-likeness (QED) is 0.683. The fraction of sp³-hybridized carbons (Fsp3) is 0.474. The summed E-state index contributed by atoms with van der Waals surface area (Å²) in [6.07, 6.45) is 5.52. The highest BCUT2D eigenvalue weighted by Crippen LogP contribution is 2.47. The molecule has 126 valence electrons. The fourth-order valence-electron chi connectivity index (χ4n) is 3.82. The predicted octanol–water partition coefficient (Wildman–Crippen LogP) is 3.76. The van der Waals surface area contributed by atoms with E-state index in [1.54, 1.807) is 11.3 Å². The van der Waals surface area contributed by atoms with Gasteiger partial charge in [-0.15, -0.1) is 11.3 Å². The van der Waals surface area contributed by atoms with Crippen molar-refractivity contribution in [3.05, 3.63) is 40.7 Å². The second kappa shape index (κ2) is 6.55. The summed E-state index contributed by atoms with van der Waals surface area (Å²) in [6, 6.07) is 10.4. The maximum Gasteiger partial charge on any atom is 0.194 e. The highest BCUT2D eigenvalue weighted by Gasteiger charge is 2.43. The molecule has 1 aromatic heterocycles. The van der Waals surface area contributed by atoms with Gasteiger partial charge in [0, 0.05) is 31.1 Å². The molecule has 0 amide bonds.